The summed E-state index contributed by atoms with van der Waals surface area (Å²) in [7, 11) is 9.19. The SMILES string of the molecule is c1ccc2c(c1)SSSSS2. The fourth-order valence-electron chi connectivity index (χ4n) is 0.700. The summed E-state index contributed by atoms with van der Waals surface area (Å²) >= 11 is 0. The largest absolute Gasteiger partial charge is 0.0610 e. The molecule has 0 saturated carbocycles. The number of benzene rings is 1. The van der Waals surface area contributed by atoms with Crippen LogP contribution in [0.2, 0.25) is 0 Å². The van der Waals surface area contributed by atoms with Crippen LogP contribution in [0.25, 0.3) is 0 Å². The zero-order chi connectivity index (χ0) is 7.52. The van der Waals surface area contributed by atoms with E-state index in [4.69, 9.17) is 0 Å². The Morgan fingerprint density at radius 1 is 0.727 bits per heavy atom. The van der Waals surface area contributed by atoms with Crippen molar-refractivity contribution < 1.29 is 0 Å². The summed E-state index contributed by atoms with van der Waals surface area (Å²) in [5.74, 6) is 0. The topological polar surface area (TPSA) is 0 Å². The highest BCUT2D eigenvalue weighted by Crippen LogP contribution is 2.58. The van der Waals surface area contributed by atoms with Crippen molar-refractivity contribution in [2.24, 2.45) is 0 Å². The first kappa shape index (κ1) is 8.56. The van der Waals surface area contributed by atoms with Gasteiger partial charge in [-0.05, 0) is 63.2 Å². The predicted molar refractivity (Wildman–Crippen MR) is 60.9 cm³/mol. The summed E-state index contributed by atoms with van der Waals surface area (Å²) in [4.78, 5) is 2.78. The van der Waals surface area contributed by atoms with Crippen molar-refractivity contribution in [1.82, 2.24) is 0 Å². The van der Waals surface area contributed by atoms with Gasteiger partial charge in [-0.25, -0.2) is 0 Å². The van der Waals surface area contributed by atoms with Crippen LogP contribution < -0.4 is 0 Å². The highest BCUT2D eigenvalue weighted by atomic mass is 33.8. The van der Waals surface area contributed by atoms with Crippen molar-refractivity contribution in [1.29, 1.82) is 0 Å². The van der Waals surface area contributed by atoms with Gasteiger partial charge < -0.3 is 0 Å². The first-order chi connectivity index (χ1) is 5.47. The van der Waals surface area contributed by atoms with Gasteiger partial charge in [0, 0.05) is 9.79 Å². The standard InChI is InChI=1S/C6H4S5/c1-2-4-6-5(3-1)7-9-11-10-8-6/h1-4H. The van der Waals surface area contributed by atoms with Gasteiger partial charge in [0.2, 0.25) is 0 Å². The van der Waals surface area contributed by atoms with Gasteiger partial charge in [0.1, 0.15) is 0 Å². The number of hydrogen-bond donors (Lipinski definition) is 0. The molecule has 58 valence electrons. The third kappa shape index (κ3) is 2.21. The molecule has 0 radical (unpaired) electrons. The second kappa shape index (κ2) is 4.28. The molecule has 0 unspecified atom stereocenters. The van der Waals surface area contributed by atoms with E-state index in [-0.39, 0.29) is 0 Å². The van der Waals surface area contributed by atoms with Crippen LogP contribution in [-0.4, -0.2) is 0 Å². The van der Waals surface area contributed by atoms with E-state index in [1.165, 1.54) is 9.79 Å². The quantitative estimate of drug-likeness (QED) is 0.595. The van der Waals surface area contributed by atoms with E-state index >= 15 is 0 Å². The summed E-state index contributed by atoms with van der Waals surface area (Å²) in [6.07, 6.45) is 0. The molecular weight excluding hydrogens is 232 g/mol. The lowest BCUT2D eigenvalue weighted by Crippen LogP contribution is -1.70. The second-order valence-electron chi connectivity index (χ2n) is 1.82. The predicted octanol–water partition coefficient (Wildman–Crippen LogP) is 4.74. The van der Waals surface area contributed by atoms with Crippen molar-refractivity contribution in [2.75, 3.05) is 0 Å². The first-order valence-corrected chi connectivity index (χ1v) is 9.05. The summed E-state index contributed by atoms with van der Waals surface area (Å²) in [5, 5.41) is 0. The second-order valence-corrected chi connectivity index (χ2v) is 9.34. The van der Waals surface area contributed by atoms with Gasteiger partial charge in [0.05, 0.1) is 0 Å². The van der Waals surface area contributed by atoms with Gasteiger partial charge in [-0.15, -0.1) is 0 Å². The van der Waals surface area contributed by atoms with Gasteiger partial charge >= 0.3 is 0 Å². The van der Waals surface area contributed by atoms with Crippen LogP contribution in [-0.2, 0) is 0 Å². The summed E-state index contributed by atoms with van der Waals surface area (Å²) in [6.45, 7) is 0. The van der Waals surface area contributed by atoms with E-state index < -0.39 is 0 Å². The first-order valence-electron chi connectivity index (χ1n) is 2.90. The van der Waals surface area contributed by atoms with Crippen LogP contribution in [0.3, 0.4) is 0 Å². The molecule has 2 rings (SSSR count). The molecule has 1 aromatic rings. The zero-order valence-electron chi connectivity index (χ0n) is 5.35. The highest BCUT2D eigenvalue weighted by molar-refractivity contribution is 9.36. The van der Waals surface area contributed by atoms with Gasteiger partial charge in [-0.3, -0.25) is 0 Å². The monoisotopic (exact) mass is 236 g/mol. The van der Waals surface area contributed by atoms with Crippen molar-refractivity contribution in [3.05, 3.63) is 24.3 Å². The Morgan fingerprint density at radius 2 is 1.27 bits per heavy atom. The minimum absolute atomic E-state index is 1.39. The van der Waals surface area contributed by atoms with Gasteiger partial charge in [-0.1, -0.05) is 12.1 Å². The van der Waals surface area contributed by atoms with Crippen molar-refractivity contribution in [2.45, 2.75) is 9.79 Å². The van der Waals surface area contributed by atoms with Gasteiger partial charge in [0.15, 0.2) is 0 Å². The molecule has 0 atom stereocenters. The maximum absolute atomic E-state index is 2.17. The lowest BCUT2D eigenvalue weighted by atomic mass is 10.4. The van der Waals surface area contributed by atoms with Gasteiger partial charge in [-0.2, -0.15) is 0 Å². The van der Waals surface area contributed by atoms with E-state index in [9.17, 15) is 0 Å². The van der Waals surface area contributed by atoms with Crippen LogP contribution >= 0.6 is 51.1 Å². The normalized spacial score (nSPS) is 17.1. The van der Waals surface area contributed by atoms with Crippen molar-refractivity contribution in [3.8, 4) is 0 Å². The van der Waals surface area contributed by atoms with E-state index in [2.05, 4.69) is 24.3 Å². The Kier molecular flexibility index (Phi) is 3.33. The maximum Gasteiger partial charge on any atom is 0.0336 e. The number of fused-ring (bicyclic) bond motifs is 1. The molecule has 1 heterocycles. The molecule has 11 heavy (non-hydrogen) atoms. The third-order valence-corrected chi connectivity index (χ3v) is 9.64. The molecule has 0 aromatic heterocycles. The van der Waals surface area contributed by atoms with Crippen molar-refractivity contribution >= 4 is 51.1 Å². The molecule has 0 amide bonds. The minimum atomic E-state index is 1.39. The average molecular weight is 236 g/mol. The summed E-state index contributed by atoms with van der Waals surface area (Å²) in [5.41, 5.74) is 0. The fourth-order valence-corrected chi connectivity index (χ4v) is 9.58. The molecule has 1 aromatic carbocycles. The summed E-state index contributed by atoms with van der Waals surface area (Å²) < 4.78 is 0. The highest BCUT2D eigenvalue weighted by Gasteiger charge is 2.08. The molecule has 0 spiro atoms. The van der Waals surface area contributed by atoms with Crippen LogP contribution in [0.15, 0.2) is 34.1 Å². The Hall–Kier alpha value is 0.970. The molecule has 0 N–H and O–H groups in total. The molecule has 0 aliphatic carbocycles. The minimum Gasteiger partial charge on any atom is -0.0610 e. The van der Waals surface area contributed by atoms with E-state index in [0.29, 0.717) is 0 Å². The smallest absolute Gasteiger partial charge is 0.0336 e. The van der Waals surface area contributed by atoms with Crippen LogP contribution in [0.5, 0.6) is 0 Å². The summed E-state index contributed by atoms with van der Waals surface area (Å²) in [6, 6.07) is 8.53. The molecule has 0 saturated heterocycles. The number of rotatable bonds is 0. The van der Waals surface area contributed by atoms with Crippen LogP contribution in [0, 0.1) is 0 Å². The molecule has 0 bridgehead atoms. The molecular formula is C6H4S5. The average Bonchev–Trinajstić information content (AvgIpc) is 2.28. The van der Waals surface area contributed by atoms with E-state index in [0.717, 1.165) is 0 Å². The number of hydrogen-bond acceptors (Lipinski definition) is 5. The van der Waals surface area contributed by atoms with Crippen molar-refractivity contribution in [3.63, 3.8) is 0 Å². The van der Waals surface area contributed by atoms with Crippen LogP contribution in [0.4, 0.5) is 0 Å². The van der Waals surface area contributed by atoms with E-state index in [1.807, 2.05) is 51.1 Å². The Morgan fingerprint density at radius 3 is 1.82 bits per heavy atom. The third-order valence-electron chi connectivity index (χ3n) is 1.15. The van der Waals surface area contributed by atoms with Gasteiger partial charge in [0.25, 0.3) is 0 Å². The fraction of sp³-hybridized carbons (Fsp3) is 0. The molecule has 1 aliphatic heterocycles. The Balaban J connectivity index is 2.33. The van der Waals surface area contributed by atoms with Crippen LogP contribution in [0.1, 0.15) is 0 Å². The lowest BCUT2D eigenvalue weighted by molar-refractivity contribution is 1.27. The Labute approximate surface area is 84.6 Å². The molecule has 0 nitrogen and oxygen atoms in total. The maximum atomic E-state index is 2.17. The molecule has 0 fully saturated rings. The lowest BCUT2D eigenvalue weighted by Gasteiger charge is -1.98. The Bertz CT molecular complexity index is 223. The van der Waals surface area contributed by atoms with E-state index in [1.54, 1.807) is 0 Å². The zero-order valence-corrected chi connectivity index (χ0v) is 9.43. The molecule has 5 heteroatoms. The molecule has 1 aliphatic rings.